The largest absolute Gasteiger partial charge is 0.481 e. The third kappa shape index (κ3) is 9.51. The summed E-state index contributed by atoms with van der Waals surface area (Å²) in [5, 5.41) is 40.6. The van der Waals surface area contributed by atoms with Crippen molar-refractivity contribution >= 4 is 47.8 Å². The van der Waals surface area contributed by atoms with Gasteiger partial charge in [0.05, 0.1) is 12.1 Å². The van der Waals surface area contributed by atoms with E-state index in [1.165, 1.54) is 6.08 Å². The number of nitrogens with one attached hydrogen (secondary N) is 4. The third-order valence-electron chi connectivity index (χ3n) is 8.83. The fraction of sp³-hybridized carbons (Fsp3) is 0.297. The monoisotopic (exact) mass is 717 g/mol. The maximum atomic E-state index is 12.3. The highest BCUT2D eigenvalue weighted by Gasteiger charge is 2.25. The summed E-state index contributed by atoms with van der Waals surface area (Å²) in [6, 6.07) is -1.29. The van der Waals surface area contributed by atoms with Crippen LogP contribution < -0.4 is 16.4 Å². The quantitative estimate of drug-likeness (QED) is 0.129. The Kier molecular flexibility index (Phi) is 13.2. The SMILES string of the molecule is C=CC1=C(C)/C(=C/c2[nH]c(Cc3[nH]c(/C=C4\NC(=O)C(C)=C4C=C)c(C)c3CCC(=O)O)c(CCC(=O)O)c2C)NC1=O.NC(CC(=O)O)C(=O)O. The first-order chi connectivity index (χ1) is 24.4. The second-order valence-electron chi connectivity index (χ2n) is 12.3. The number of aliphatic carboxylic acids is 4. The smallest absolute Gasteiger partial charge is 0.321 e. The van der Waals surface area contributed by atoms with Crippen LogP contribution in [0.5, 0.6) is 0 Å². The van der Waals surface area contributed by atoms with Gasteiger partial charge in [0.2, 0.25) is 0 Å². The van der Waals surface area contributed by atoms with Crippen molar-refractivity contribution in [3.05, 3.63) is 104 Å². The first-order valence-electron chi connectivity index (χ1n) is 16.2. The van der Waals surface area contributed by atoms with Gasteiger partial charge >= 0.3 is 23.9 Å². The standard InChI is InChI=1S/C33H36N4O6.C4H7NO4/c1-7-20-19(6)32(42)37-27(20)14-25-18(5)23(10-12-31(40)41)29(35-25)15-28-22(9-11-30(38)39)17(4)24(34-28)13-26-16(3)21(8-2)33(43)36-26;5-2(4(8)9)1-3(6)7/h7-8,13-14,34-35H,1-2,9-12,15H2,3-6H3,(H,36,43)(H,37,42)(H,38,39)(H,40,41);2H,1,5H2,(H,6,7)(H,8,9)/b26-13-,27-14-;. The van der Waals surface area contributed by atoms with Crippen LogP contribution in [0.2, 0.25) is 0 Å². The number of carboxylic acid groups (broad SMARTS) is 4. The van der Waals surface area contributed by atoms with E-state index in [-0.39, 0.29) is 37.5 Å². The number of hydrogen-bond donors (Lipinski definition) is 9. The minimum atomic E-state index is -1.29. The van der Waals surface area contributed by atoms with E-state index < -0.39 is 36.3 Å². The number of aromatic nitrogens is 2. The predicted octanol–water partition coefficient (Wildman–Crippen LogP) is 3.40. The number of amides is 2. The number of carbonyl (C=O) groups excluding carboxylic acids is 2. The van der Waals surface area contributed by atoms with Gasteiger partial charge in [-0.05, 0) is 80.5 Å². The van der Waals surface area contributed by atoms with Crippen LogP contribution in [0.15, 0.2) is 59.0 Å². The lowest BCUT2D eigenvalue weighted by molar-refractivity contribution is -0.144. The van der Waals surface area contributed by atoms with Gasteiger partial charge in [0, 0.05) is 64.5 Å². The van der Waals surface area contributed by atoms with E-state index in [1.54, 1.807) is 13.0 Å². The number of rotatable bonds is 15. The summed E-state index contributed by atoms with van der Waals surface area (Å²) in [6.07, 6.45) is 7.05. The van der Waals surface area contributed by atoms with Gasteiger partial charge < -0.3 is 46.8 Å². The van der Waals surface area contributed by atoms with E-state index in [2.05, 4.69) is 33.8 Å². The maximum absolute atomic E-state index is 12.3. The lowest BCUT2D eigenvalue weighted by Gasteiger charge is -2.07. The van der Waals surface area contributed by atoms with Crippen LogP contribution in [0.3, 0.4) is 0 Å². The molecular formula is C37H43N5O10. The van der Waals surface area contributed by atoms with E-state index >= 15 is 0 Å². The van der Waals surface area contributed by atoms with Gasteiger partial charge in [-0.1, -0.05) is 25.3 Å². The van der Waals surface area contributed by atoms with Crippen LogP contribution >= 0.6 is 0 Å². The van der Waals surface area contributed by atoms with E-state index in [0.717, 1.165) is 50.6 Å². The summed E-state index contributed by atoms with van der Waals surface area (Å²) < 4.78 is 0. The molecule has 0 spiro atoms. The molecule has 2 aliphatic heterocycles. The summed E-state index contributed by atoms with van der Waals surface area (Å²) in [5.41, 5.74) is 15.0. The number of carboxylic acids is 4. The number of allylic oxidation sites excluding steroid dienone is 2. The number of hydrogen-bond acceptors (Lipinski definition) is 7. The Morgan fingerprint density at radius 1 is 0.692 bits per heavy atom. The predicted molar refractivity (Wildman–Crippen MR) is 192 cm³/mol. The van der Waals surface area contributed by atoms with Gasteiger partial charge in [0.1, 0.15) is 6.04 Å². The fourth-order valence-corrected chi connectivity index (χ4v) is 5.89. The van der Waals surface area contributed by atoms with E-state index in [1.807, 2.05) is 32.9 Å². The second-order valence-corrected chi connectivity index (χ2v) is 12.3. The van der Waals surface area contributed by atoms with E-state index in [4.69, 9.17) is 15.9 Å². The second kappa shape index (κ2) is 17.1. The van der Waals surface area contributed by atoms with Crippen molar-refractivity contribution in [3.8, 4) is 0 Å². The Labute approximate surface area is 299 Å². The molecule has 10 N–H and O–H groups in total. The van der Waals surface area contributed by atoms with Crippen molar-refractivity contribution in [2.24, 2.45) is 5.73 Å². The van der Waals surface area contributed by atoms with E-state index in [0.29, 0.717) is 34.5 Å². The highest BCUT2D eigenvalue weighted by molar-refractivity contribution is 6.03. The molecule has 0 bridgehead atoms. The molecule has 0 aromatic carbocycles. The molecule has 276 valence electrons. The number of nitrogens with two attached hydrogens (primary N) is 1. The summed E-state index contributed by atoms with van der Waals surface area (Å²) >= 11 is 0. The Bertz CT molecular complexity index is 1990. The number of H-pyrrole nitrogens is 2. The first kappa shape index (κ1) is 40.2. The minimum absolute atomic E-state index is 0.0688. The molecule has 4 rings (SSSR count). The molecule has 0 fully saturated rings. The summed E-state index contributed by atoms with van der Waals surface area (Å²) in [5.74, 6) is -4.77. The van der Waals surface area contributed by atoms with Crippen molar-refractivity contribution in [1.82, 2.24) is 20.6 Å². The van der Waals surface area contributed by atoms with Crippen LogP contribution in [0.25, 0.3) is 12.2 Å². The zero-order valence-electron chi connectivity index (χ0n) is 29.4. The van der Waals surface area contributed by atoms with Gasteiger partial charge in [-0.25, -0.2) is 0 Å². The normalized spacial score (nSPS) is 16.1. The Hall–Kier alpha value is -6.22. The zero-order chi connectivity index (χ0) is 39.0. The zero-order valence-corrected chi connectivity index (χ0v) is 29.4. The average Bonchev–Trinajstić information content (AvgIpc) is 3.70. The molecule has 0 aliphatic carbocycles. The molecule has 2 aromatic heterocycles. The van der Waals surface area contributed by atoms with Gasteiger partial charge in [-0.3, -0.25) is 28.8 Å². The molecule has 2 aliphatic rings. The number of aromatic amines is 2. The van der Waals surface area contributed by atoms with Crippen molar-refractivity contribution < 1.29 is 49.2 Å². The molecule has 0 saturated carbocycles. The van der Waals surface area contributed by atoms with Crippen molar-refractivity contribution in [3.63, 3.8) is 0 Å². The summed E-state index contributed by atoms with van der Waals surface area (Å²) in [4.78, 5) is 74.1. The molecule has 52 heavy (non-hydrogen) atoms. The summed E-state index contributed by atoms with van der Waals surface area (Å²) in [6.45, 7) is 14.9. The van der Waals surface area contributed by atoms with Crippen LogP contribution in [0.1, 0.15) is 78.1 Å². The molecule has 0 radical (unpaired) electrons. The molecule has 0 saturated heterocycles. The molecular weight excluding hydrogens is 674 g/mol. The van der Waals surface area contributed by atoms with Crippen LogP contribution in [-0.4, -0.2) is 72.1 Å². The molecule has 4 heterocycles. The van der Waals surface area contributed by atoms with Crippen LogP contribution in [0, 0.1) is 13.8 Å². The summed E-state index contributed by atoms with van der Waals surface area (Å²) in [7, 11) is 0. The van der Waals surface area contributed by atoms with Gasteiger partial charge in [-0.2, -0.15) is 0 Å². The van der Waals surface area contributed by atoms with Gasteiger partial charge in [-0.15, -0.1) is 0 Å². The topological polar surface area (TPSA) is 265 Å². The Morgan fingerprint density at radius 3 is 1.54 bits per heavy atom. The first-order valence-corrected chi connectivity index (χ1v) is 16.2. The fourth-order valence-electron chi connectivity index (χ4n) is 5.89. The van der Waals surface area contributed by atoms with Gasteiger partial charge in [0.15, 0.2) is 0 Å². The van der Waals surface area contributed by atoms with Gasteiger partial charge in [0.25, 0.3) is 11.8 Å². The molecule has 1 unspecified atom stereocenters. The lowest BCUT2D eigenvalue weighted by atomic mass is 9.98. The third-order valence-corrected chi connectivity index (χ3v) is 8.83. The molecule has 2 aromatic rings. The Morgan fingerprint density at radius 2 is 1.15 bits per heavy atom. The molecule has 15 heteroatoms. The van der Waals surface area contributed by atoms with E-state index in [9.17, 15) is 39.0 Å². The molecule has 1 atom stereocenters. The highest BCUT2D eigenvalue weighted by atomic mass is 16.4. The number of carbonyl (C=O) groups is 6. The van der Waals surface area contributed by atoms with Crippen LogP contribution in [0.4, 0.5) is 0 Å². The molecule has 15 nitrogen and oxygen atoms in total. The Balaban J connectivity index is 0.000000715. The maximum Gasteiger partial charge on any atom is 0.321 e. The van der Waals surface area contributed by atoms with Crippen LogP contribution in [-0.2, 0) is 48.0 Å². The van der Waals surface area contributed by atoms with Crippen molar-refractivity contribution in [2.45, 2.75) is 72.3 Å². The van der Waals surface area contributed by atoms with Crippen molar-refractivity contribution in [2.75, 3.05) is 0 Å². The average molecular weight is 718 g/mol. The molecule has 2 amide bonds. The van der Waals surface area contributed by atoms with Crippen molar-refractivity contribution in [1.29, 1.82) is 0 Å². The lowest BCUT2D eigenvalue weighted by Crippen LogP contribution is -2.32. The highest BCUT2D eigenvalue weighted by Crippen LogP contribution is 2.31. The minimum Gasteiger partial charge on any atom is -0.481 e.